The van der Waals surface area contributed by atoms with Crippen LogP contribution in [0.4, 0.5) is 5.13 Å². The van der Waals surface area contributed by atoms with Crippen LogP contribution in [0.2, 0.25) is 0 Å². The van der Waals surface area contributed by atoms with Crippen molar-refractivity contribution in [2.24, 2.45) is 0 Å². The van der Waals surface area contributed by atoms with Crippen LogP contribution in [0.3, 0.4) is 0 Å². The maximum atomic E-state index is 12.5. The summed E-state index contributed by atoms with van der Waals surface area (Å²) in [5, 5.41) is 3.41. The molecule has 2 heterocycles. The number of carbonyl (C=O) groups excluding carboxylic acids is 1. The Kier molecular flexibility index (Phi) is 4.10. The highest BCUT2D eigenvalue weighted by Gasteiger charge is 2.11. The van der Waals surface area contributed by atoms with Crippen LogP contribution in [0.15, 0.2) is 72.9 Å². The third kappa shape index (κ3) is 3.49. The lowest BCUT2D eigenvalue weighted by Crippen LogP contribution is -2.11. The van der Waals surface area contributed by atoms with E-state index in [0.29, 0.717) is 22.3 Å². The third-order valence-corrected chi connectivity index (χ3v) is 4.42. The smallest absolute Gasteiger partial charge is 0.257 e. The Morgan fingerprint density at radius 3 is 2.72 bits per heavy atom. The predicted molar refractivity (Wildman–Crippen MR) is 98.3 cm³/mol. The van der Waals surface area contributed by atoms with Gasteiger partial charge in [-0.3, -0.25) is 10.1 Å². The van der Waals surface area contributed by atoms with E-state index in [2.05, 4.69) is 15.3 Å². The van der Waals surface area contributed by atoms with Gasteiger partial charge < -0.3 is 4.74 Å². The van der Waals surface area contributed by atoms with Crippen LogP contribution in [-0.2, 0) is 0 Å². The largest absolute Gasteiger partial charge is 0.439 e. The normalized spacial score (nSPS) is 10.6. The number of anilines is 1. The van der Waals surface area contributed by atoms with E-state index in [4.69, 9.17) is 4.74 Å². The quantitative estimate of drug-likeness (QED) is 0.579. The molecule has 0 saturated carbocycles. The second kappa shape index (κ2) is 6.70. The van der Waals surface area contributed by atoms with Crippen LogP contribution in [-0.4, -0.2) is 15.9 Å². The molecule has 4 aromatic rings. The standard InChI is InChI=1S/C19H13N3O2S/c23-18(22-19-21-15-8-1-2-9-16(15)25-19)13-6-5-7-14(12-13)24-17-10-3-4-11-20-17/h1-12H,(H,21,22,23). The zero-order valence-corrected chi connectivity index (χ0v) is 13.9. The van der Waals surface area contributed by atoms with Crippen molar-refractivity contribution in [3.05, 3.63) is 78.5 Å². The number of pyridine rings is 1. The SMILES string of the molecule is O=C(Nc1nc2ccccc2s1)c1cccc(Oc2ccccn2)c1. The number of para-hydroxylation sites is 1. The van der Waals surface area contributed by atoms with Crippen molar-refractivity contribution in [1.82, 2.24) is 9.97 Å². The van der Waals surface area contributed by atoms with Gasteiger partial charge in [-0.05, 0) is 36.4 Å². The van der Waals surface area contributed by atoms with Crippen molar-refractivity contribution in [2.45, 2.75) is 0 Å². The van der Waals surface area contributed by atoms with Crippen molar-refractivity contribution in [3.63, 3.8) is 0 Å². The van der Waals surface area contributed by atoms with Crippen LogP contribution in [0, 0.1) is 0 Å². The molecular formula is C19H13N3O2S. The first-order chi connectivity index (χ1) is 12.3. The van der Waals surface area contributed by atoms with Gasteiger partial charge >= 0.3 is 0 Å². The number of hydrogen-bond acceptors (Lipinski definition) is 5. The zero-order chi connectivity index (χ0) is 17.1. The van der Waals surface area contributed by atoms with Crippen molar-refractivity contribution in [3.8, 4) is 11.6 Å². The first kappa shape index (κ1) is 15.3. The van der Waals surface area contributed by atoms with E-state index >= 15 is 0 Å². The van der Waals surface area contributed by atoms with E-state index in [1.54, 1.807) is 36.5 Å². The summed E-state index contributed by atoms with van der Waals surface area (Å²) < 4.78 is 6.70. The molecule has 4 rings (SSSR count). The number of nitrogens with one attached hydrogen (secondary N) is 1. The number of benzene rings is 2. The number of rotatable bonds is 4. The van der Waals surface area contributed by atoms with E-state index in [1.165, 1.54) is 11.3 Å². The van der Waals surface area contributed by atoms with Crippen molar-refractivity contribution in [2.75, 3.05) is 5.32 Å². The molecule has 2 aromatic heterocycles. The molecular weight excluding hydrogens is 334 g/mol. The molecule has 25 heavy (non-hydrogen) atoms. The molecule has 0 unspecified atom stereocenters. The van der Waals surface area contributed by atoms with Gasteiger partial charge in [0.15, 0.2) is 5.13 Å². The highest BCUT2D eigenvalue weighted by atomic mass is 32.1. The van der Waals surface area contributed by atoms with Gasteiger partial charge in [-0.25, -0.2) is 9.97 Å². The van der Waals surface area contributed by atoms with Crippen molar-refractivity contribution < 1.29 is 9.53 Å². The number of fused-ring (bicyclic) bond motifs is 1. The molecule has 0 saturated heterocycles. The van der Waals surface area contributed by atoms with Crippen molar-refractivity contribution >= 4 is 32.6 Å². The second-order valence-electron chi connectivity index (χ2n) is 5.24. The fraction of sp³-hybridized carbons (Fsp3) is 0. The minimum Gasteiger partial charge on any atom is -0.439 e. The molecule has 0 fully saturated rings. The van der Waals surface area contributed by atoms with Crippen LogP contribution in [0.1, 0.15) is 10.4 Å². The van der Waals surface area contributed by atoms with Crippen LogP contribution in [0.25, 0.3) is 10.2 Å². The van der Waals surface area contributed by atoms with Gasteiger partial charge in [0.2, 0.25) is 5.88 Å². The van der Waals surface area contributed by atoms with E-state index in [0.717, 1.165) is 10.2 Å². The maximum Gasteiger partial charge on any atom is 0.257 e. The van der Waals surface area contributed by atoms with Gasteiger partial charge in [0.1, 0.15) is 5.75 Å². The number of nitrogens with zero attached hydrogens (tertiary/aromatic N) is 2. The fourth-order valence-corrected chi connectivity index (χ4v) is 3.18. The number of thiazole rings is 1. The van der Waals surface area contributed by atoms with Gasteiger partial charge in [0.25, 0.3) is 5.91 Å². The van der Waals surface area contributed by atoms with Gasteiger partial charge in [-0.1, -0.05) is 35.6 Å². The summed E-state index contributed by atoms with van der Waals surface area (Å²) in [6.07, 6.45) is 1.65. The van der Waals surface area contributed by atoms with E-state index in [1.807, 2.05) is 36.4 Å². The molecule has 6 heteroatoms. The number of carbonyl (C=O) groups is 1. The van der Waals surface area contributed by atoms with E-state index < -0.39 is 0 Å². The summed E-state index contributed by atoms with van der Waals surface area (Å²) in [5.41, 5.74) is 1.36. The average molecular weight is 347 g/mol. The first-order valence-electron chi connectivity index (χ1n) is 7.64. The fourth-order valence-electron chi connectivity index (χ4n) is 2.32. The van der Waals surface area contributed by atoms with Gasteiger partial charge in [-0.2, -0.15) is 0 Å². The molecule has 0 aliphatic heterocycles. The summed E-state index contributed by atoms with van der Waals surface area (Å²) in [6.45, 7) is 0. The van der Waals surface area contributed by atoms with Crippen molar-refractivity contribution in [1.29, 1.82) is 0 Å². The highest BCUT2D eigenvalue weighted by molar-refractivity contribution is 7.22. The number of amides is 1. The molecule has 0 radical (unpaired) electrons. The Bertz CT molecular complexity index is 998. The van der Waals surface area contributed by atoms with Gasteiger partial charge in [0.05, 0.1) is 10.2 Å². The Labute approximate surface area is 147 Å². The Hall–Kier alpha value is -3.25. The molecule has 0 spiro atoms. The molecule has 2 aromatic carbocycles. The topological polar surface area (TPSA) is 64.1 Å². The number of ether oxygens (including phenoxy) is 1. The zero-order valence-electron chi connectivity index (χ0n) is 13.0. The van der Waals surface area contributed by atoms with E-state index in [9.17, 15) is 4.79 Å². The van der Waals surface area contributed by atoms with Crippen LogP contribution in [0.5, 0.6) is 11.6 Å². The second-order valence-corrected chi connectivity index (χ2v) is 6.27. The molecule has 1 N–H and O–H groups in total. The lowest BCUT2D eigenvalue weighted by molar-refractivity contribution is 0.102. The van der Waals surface area contributed by atoms with Crippen LogP contribution >= 0.6 is 11.3 Å². The minimum absolute atomic E-state index is 0.231. The first-order valence-corrected chi connectivity index (χ1v) is 8.45. The molecule has 1 amide bonds. The summed E-state index contributed by atoms with van der Waals surface area (Å²) in [4.78, 5) is 21.0. The molecule has 0 bridgehead atoms. The Morgan fingerprint density at radius 1 is 1.00 bits per heavy atom. The van der Waals surface area contributed by atoms with Gasteiger partial charge in [-0.15, -0.1) is 0 Å². The molecule has 5 nitrogen and oxygen atoms in total. The summed E-state index contributed by atoms with van der Waals surface area (Å²) in [5.74, 6) is 0.799. The molecule has 0 atom stereocenters. The average Bonchev–Trinajstić information content (AvgIpc) is 3.05. The lowest BCUT2D eigenvalue weighted by atomic mass is 10.2. The maximum absolute atomic E-state index is 12.5. The summed E-state index contributed by atoms with van der Waals surface area (Å²) in [7, 11) is 0. The Balaban J connectivity index is 1.52. The molecule has 0 aliphatic rings. The molecule has 0 aliphatic carbocycles. The van der Waals surface area contributed by atoms with Gasteiger partial charge in [0, 0.05) is 17.8 Å². The monoisotopic (exact) mass is 347 g/mol. The Morgan fingerprint density at radius 2 is 1.88 bits per heavy atom. The minimum atomic E-state index is -0.231. The summed E-state index contributed by atoms with van der Waals surface area (Å²) in [6, 6.07) is 20.1. The summed E-state index contributed by atoms with van der Waals surface area (Å²) >= 11 is 1.44. The number of hydrogen-bond donors (Lipinski definition) is 1. The van der Waals surface area contributed by atoms with Crippen LogP contribution < -0.4 is 10.1 Å². The highest BCUT2D eigenvalue weighted by Crippen LogP contribution is 2.26. The molecule has 122 valence electrons. The third-order valence-electron chi connectivity index (χ3n) is 3.47. The van der Waals surface area contributed by atoms with E-state index in [-0.39, 0.29) is 5.91 Å². The predicted octanol–water partition coefficient (Wildman–Crippen LogP) is 4.74. The number of aromatic nitrogens is 2. The lowest BCUT2D eigenvalue weighted by Gasteiger charge is -2.06.